The van der Waals surface area contributed by atoms with Gasteiger partial charge >= 0.3 is 0 Å². The third-order valence-electron chi connectivity index (χ3n) is 3.18. The Balaban J connectivity index is 2.37. The highest BCUT2D eigenvalue weighted by Gasteiger charge is 2.24. The van der Waals surface area contributed by atoms with Crippen LogP contribution in [-0.4, -0.2) is 12.9 Å². The van der Waals surface area contributed by atoms with Crippen molar-refractivity contribution >= 4 is 5.78 Å². The SMILES string of the molecule is CC[C@H]1CC(=O)c2cc(OC)ccc2C1. The molecule has 0 fully saturated rings. The average molecular weight is 204 g/mol. The fourth-order valence-electron chi connectivity index (χ4n) is 2.16. The van der Waals surface area contributed by atoms with Crippen molar-refractivity contribution in [2.45, 2.75) is 26.2 Å². The summed E-state index contributed by atoms with van der Waals surface area (Å²) in [6.45, 7) is 2.15. The molecule has 0 heterocycles. The number of Topliss-reactive ketones (excluding diaryl/α,β-unsaturated/α-hetero) is 1. The van der Waals surface area contributed by atoms with E-state index in [-0.39, 0.29) is 5.78 Å². The number of hydrogen-bond acceptors (Lipinski definition) is 2. The molecule has 2 nitrogen and oxygen atoms in total. The summed E-state index contributed by atoms with van der Waals surface area (Å²) < 4.78 is 5.13. The molecule has 1 aromatic rings. The van der Waals surface area contributed by atoms with E-state index >= 15 is 0 Å². The molecule has 2 rings (SSSR count). The molecular formula is C13H16O2. The molecule has 1 aromatic carbocycles. The zero-order valence-electron chi connectivity index (χ0n) is 9.25. The normalized spacial score (nSPS) is 19.9. The predicted octanol–water partition coefficient (Wildman–Crippen LogP) is 2.85. The fourth-order valence-corrected chi connectivity index (χ4v) is 2.16. The number of methoxy groups -OCH3 is 1. The van der Waals surface area contributed by atoms with Crippen LogP contribution in [0.25, 0.3) is 0 Å². The first-order valence-corrected chi connectivity index (χ1v) is 5.44. The molecule has 0 unspecified atom stereocenters. The van der Waals surface area contributed by atoms with Crippen molar-refractivity contribution in [3.8, 4) is 5.75 Å². The topological polar surface area (TPSA) is 26.3 Å². The van der Waals surface area contributed by atoms with Gasteiger partial charge in [0.1, 0.15) is 5.75 Å². The largest absolute Gasteiger partial charge is 0.497 e. The Hall–Kier alpha value is -1.31. The average Bonchev–Trinajstić information content (AvgIpc) is 2.28. The minimum atomic E-state index is 0.266. The van der Waals surface area contributed by atoms with Crippen molar-refractivity contribution in [1.82, 2.24) is 0 Å². The molecule has 80 valence electrons. The summed E-state index contributed by atoms with van der Waals surface area (Å²) in [6, 6.07) is 5.82. The minimum absolute atomic E-state index is 0.266. The molecule has 0 N–H and O–H groups in total. The molecule has 0 bridgehead atoms. The maximum atomic E-state index is 11.9. The molecule has 0 spiro atoms. The van der Waals surface area contributed by atoms with Gasteiger partial charge in [-0.15, -0.1) is 0 Å². The van der Waals surface area contributed by atoms with Crippen LogP contribution in [-0.2, 0) is 6.42 Å². The third kappa shape index (κ3) is 1.89. The zero-order valence-corrected chi connectivity index (χ0v) is 9.25. The first-order valence-electron chi connectivity index (χ1n) is 5.44. The maximum absolute atomic E-state index is 11.9. The van der Waals surface area contributed by atoms with Crippen LogP contribution < -0.4 is 4.74 Å². The molecule has 2 heteroatoms. The van der Waals surface area contributed by atoms with E-state index in [0.29, 0.717) is 12.3 Å². The van der Waals surface area contributed by atoms with Crippen LogP contribution >= 0.6 is 0 Å². The summed E-state index contributed by atoms with van der Waals surface area (Å²) >= 11 is 0. The smallest absolute Gasteiger partial charge is 0.163 e. The Morgan fingerprint density at radius 2 is 2.20 bits per heavy atom. The Kier molecular flexibility index (Phi) is 2.76. The third-order valence-corrected chi connectivity index (χ3v) is 3.18. The van der Waals surface area contributed by atoms with Gasteiger partial charge in [-0.1, -0.05) is 19.4 Å². The second-order valence-electron chi connectivity index (χ2n) is 4.13. The van der Waals surface area contributed by atoms with Gasteiger partial charge in [0.15, 0.2) is 5.78 Å². The van der Waals surface area contributed by atoms with Crippen LogP contribution in [0.5, 0.6) is 5.75 Å². The molecule has 15 heavy (non-hydrogen) atoms. The van der Waals surface area contributed by atoms with Gasteiger partial charge in [0.05, 0.1) is 7.11 Å². The van der Waals surface area contributed by atoms with Crippen LogP contribution in [0.15, 0.2) is 18.2 Å². The summed E-state index contributed by atoms with van der Waals surface area (Å²) in [5.41, 5.74) is 2.04. The van der Waals surface area contributed by atoms with E-state index in [1.54, 1.807) is 7.11 Å². The van der Waals surface area contributed by atoms with Gasteiger partial charge in [0.25, 0.3) is 0 Å². The van der Waals surface area contributed by atoms with Crippen molar-refractivity contribution in [3.63, 3.8) is 0 Å². The van der Waals surface area contributed by atoms with Crippen molar-refractivity contribution in [1.29, 1.82) is 0 Å². The second-order valence-corrected chi connectivity index (χ2v) is 4.13. The van der Waals surface area contributed by atoms with Gasteiger partial charge in [0.2, 0.25) is 0 Å². The van der Waals surface area contributed by atoms with Gasteiger partial charge in [-0.3, -0.25) is 4.79 Å². The Bertz CT molecular complexity index is 382. The summed E-state index contributed by atoms with van der Waals surface area (Å²) in [6.07, 6.45) is 2.80. The Morgan fingerprint density at radius 1 is 1.40 bits per heavy atom. The number of hydrogen-bond donors (Lipinski definition) is 0. The van der Waals surface area contributed by atoms with Gasteiger partial charge in [-0.2, -0.15) is 0 Å². The van der Waals surface area contributed by atoms with E-state index in [1.807, 2.05) is 18.2 Å². The van der Waals surface area contributed by atoms with Gasteiger partial charge in [-0.25, -0.2) is 0 Å². The van der Waals surface area contributed by atoms with Crippen LogP contribution in [0.2, 0.25) is 0 Å². The number of carbonyl (C=O) groups is 1. The lowest BCUT2D eigenvalue weighted by atomic mass is 9.82. The monoisotopic (exact) mass is 204 g/mol. The Labute approximate surface area is 90.3 Å². The highest BCUT2D eigenvalue weighted by atomic mass is 16.5. The maximum Gasteiger partial charge on any atom is 0.163 e. The fraction of sp³-hybridized carbons (Fsp3) is 0.462. The highest BCUT2D eigenvalue weighted by Crippen LogP contribution is 2.29. The zero-order chi connectivity index (χ0) is 10.8. The lowest BCUT2D eigenvalue weighted by Crippen LogP contribution is -2.19. The molecule has 0 saturated carbocycles. The van der Waals surface area contributed by atoms with E-state index in [4.69, 9.17) is 4.74 Å². The van der Waals surface area contributed by atoms with E-state index in [1.165, 1.54) is 5.56 Å². The molecule has 1 aliphatic rings. The molecule has 0 radical (unpaired) electrons. The lowest BCUT2D eigenvalue weighted by molar-refractivity contribution is 0.0947. The Morgan fingerprint density at radius 3 is 2.87 bits per heavy atom. The van der Waals surface area contributed by atoms with Gasteiger partial charge < -0.3 is 4.74 Å². The van der Waals surface area contributed by atoms with Crippen LogP contribution in [0, 0.1) is 5.92 Å². The molecule has 0 aromatic heterocycles. The molecule has 0 saturated heterocycles. The summed E-state index contributed by atoms with van der Waals surface area (Å²) in [5, 5.41) is 0. The molecule has 1 atom stereocenters. The van der Waals surface area contributed by atoms with Gasteiger partial charge in [-0.05, 0) is 30.0 Å². The number of ether oxygens (including phenoxy) is 1. The number of benzene rings is 1. The van der Waals surface area contributed by atoms with Crippen molar-refractivity contribution in [2.24, 2.45) is 5.92 Å². The molecule has 1 aliphatic carbocycles. The molecule has 0 aliphatic heterocycles. The summed E-state index contributed by atoms with van der Waals surface area (Å²) in [7, 11) is 1.63. The number of fused-ring (bicyclic) bond motifs is 1. The second kappa shape index (κ2) is 4.05. The quantitative estimate of drug-likeness (QED) is 0.740. The van der Waals surface area contributed by atoms with E-state index < -0.39 is 0 Å². The molecule has 0 amide bonds. The van der Waals surface area contributed by atoms with Gasteiger partial charge in [0, 0.05) is 12.0 Å². The van der Waals surface area contributed by atoms with Crippen molar-refractivity contribution < 1.29 is 9.53 Å². The summed E-state index contributed by atoms with van der Waals surface area (Å²) in [4.78, 5) is 11.9. The van der Waals surface area contributed by atoms with E-state index in [0.717, 1.165) is 24.2 Å². The standard InChI is InChI=1S/C13H16O2/c1-3-9-6-10-4-5-11(15-2)8-12(10)13(14)7-9/h4-5,8-9H,3,6-7H2,1-2H3/t9-/m1/s1. The minimum Gasteiger partial charge on any atom is -0.497 e. The number of ketones is 1. The van der Waals surface area contributed by atoms with Crippen molar-refractivity contribution in [3.05, 3.63) is 29.3 Å². The number of carbonyl (C=O) groups excluding carboxylic acids is 1. The highest BCUT2D eigenvalue weighted by molar-refractivity contribution is 5.99. The van der Waals surface area contributed by atoms with Crippen LogP contribution in [0.4, 0.5) is 0 Å². The first-order chi connectivity index (χ1) is 7.24. The van der Waals surface area contributed by atoms with Crippen molar-refractivity contribution in [2.75, 3.05) is 7.11 Å². The summed E-state index contributed by atoms with van der Waals surface area (Å²) in [5.74, 6) is 1.57. The predicted molar refractivity (Wildman–Crippen MR) is 59.4 cm³/mol. The van der Waals surface area contributed by atoms with Crippen LogP contribution in [0.1, 0.15) is 35.7 Å². The first kappa shape index (κ1) is 10.2. The van der Waals surface area contributed by atoms with E-state index in [9.17, 15) is 4.79 Å². The van der Waals surface area contributed by atoms with E-state index in [2.05, 4.69) is 6.92 Å². The number of rotatable bonds is 2. The van der Waals surface area contributed by atoms with Crippen LogP contribution in [0.3, 0.4) is 0 Å². The molecular weight excluding hydrogens is 188 g/mol. The lowest BCUT2D eigenvalue weighted by Gasteiger charge is -2.22.